The summed E-state index contributed by atoms with van der Waals surface area (Å²) in [6, 6.07) is 5.99. The molecule has 3 N–H and O–H groups in total. The number of aromatic nitrogens is 1. The Hall–Kier alpha value is -1.55. The van der Waals surface area contributed by atoms with Crippen molar-refractivity contribution in [3.8, 4) is 0 Å². The zero-order valence-corrected chi connectivity index (χ0v) is 10.3. The van der Waals surface area contributed by atoms with Crippen LogP contribution in [0.15, 0.2) is 24.4 Å². The lowest BCUT2D eigenvalue weighted by Gasteiger charge is -2.06. The zero-order valence-electron chi connectivity index (χ0n) is 9.45. The molecular formula is C12H15N3S. The van der Waals surface area contributed by atoms with Gasteiger partial charge in [-0.15, -0.1) is 11.3 Å². The van der Waals surface area contributed by atoms with Crippen LogP contribution in [0.5, 0.6) is 0 Å². The average molecular weight is 233 g/mol. The molecule has 0 aliphatic carbocycles. The van der Waals surface area contributed by atoms with E-state index in [0.29, 0.717) is 0 Å². The number of nitrogens with zero attached hydrogens (tertiary/aromatic N) is 1. The molecule has 2 aromatic rings. The summed E-state index contributed by atoms with van der Waals surface area (Å²) in [6.07, 6.45) is 1.91. The molecule has 84 valence electrons. The largest absolute Gasteiger partial charge is 0.399 e. The quantitative estimate of drug-likeness (QED) is 0.801. The Morgan fingerprint density at radius 1 is 1.31 bits per heavy atom. The molecule has 0 bridgehead atoms. The Morgan fingerprint density at radius 2 is 2.12 bits per heavy atom. The summed E-state index contributed by atoms with van der Waals surface area (Å²) in [5.41, 5.74) is 8.81. The van der Waals surface area contributed by atoms with E-state index in [4.69, 9.17) is 5.73 Å². The Kier molecular flexibility index (Phi) is 3.10. The monoisotopic (exact) mass is 233 g/mol. The number of rotatable bonds is 3. The highest BCUT2D eigenvalue weighted by molar-refractivity contribution is 7.11. The van der Waals surface area contributed by atoms with Gasteiger partial charge >= 0.3 is 0 Å². The van der Waals surface area contributed by atoms with Crippen molar-refractivity contribution in [2.75, 3.05) is 11.1 Å². The van der Waals surface area contributed by atoms with Gasteiger partial charge in [0.25, 0.3) is 0 Å². The van der Waals surface area contributed by atoms with Gasteiger partial charge in [0.1, 0.15) is 0 Å². The fourth-order valence-electron chi connectivity index (χ4n) is 1.59. The van der Waals surface area contributed by atoms with Crippen LogP contribution >= 0.6 is 11.3 Å². The zero-order chi connectivity index (χ0) is 11.5. The van der Waals surface area contributed by atoms with Crippen molar-refractivity contribution in [2.45, 2.75) is 20.4 Å². The van der Waals surface area contributed by atoms with Crippen LogP contribution in [-0.2, 0) is 6.54 Å². The topological polar surface area (TPSA) is 50.9 Å². The molecule has 3 nitrogen and oxygen atoms in total. The van der Waals surface area contributed by atoms with Crippen LogP contribution in [-0.4, -0.2) is 4.98 Å². The minimum Gasteiger partial charge on any atom is -0.399 e. The molecule has 0 radical (unpaired) electrons. The average Bonchev–Trinajstić information content (AvgIpc) is 2.60. The van der Waals surface area contributed by atoms with Crippen LogP contribution in [0.1, 0.15) is 15.4 Å². The number of nitrogens with two attached hydrogens (primary N) is 1. The second-order valence-electron chi connectivity index (χ2n) is 3.83. The molecule has 1 aromatic heterocycles. The van der Waals surface area contributed by atoms with E-state index in [1.807, 2.05) is 32.2 Å². The first-order chi connectivity index (χ1) is 7.63. The molecule has 0 aliphatic heterocycles. The number of thiazole rings is 1. The van der Waals surface area contributed by atoms with Crippen LogP contribution in [0.2, 0.25) is 0 Å². The fourth-order valence-corrected chi connectivity index (χ4v) is 2.33. The molecule has 2 rings (SSSR count). The van der Waals surface area contributed by atoms with Crippen molar-refractivity contribution in [2.24, 2.45) is 0 Å². The minimum atomic E-state index is 0.794. The summed E-state index contributed by atoms with van der Waals surface area (Å²) in [6.45, 7) is 4.85. The molecule has 0 saturated heterocycles. The second kappa shape index (κ2) is 4.53. The molecule has 0 unspecified atom stereocenters. The van der Waals surface area contributed by atoms with Gasteiger partial charge in [-0.25, -0.2) is 4.98 Å². The minimum absolute atomic E-state index is 0.794. The van der Waals surface area contributed by atoms with E-state index < -0.39 is 0 Å². The van der Waals surface area contributed by atoms with Crippen molar-refractivity contribution in [3.05, 3.63) is 39.8 Å². The maximum absolute atomic E-state index is 5.78. The third-order valence-electron chi connectivity index (χ3n) is 2.24. The number of hydrogen-bond acceptors (Lipinski definition) is 4. The summed E-state index contributed by atoms with van der Waals surface area (Å²) in [5.74, 6) is 0. The summed E-state index contributed by atoms with van der Waals surface area (Å²) in [5, 5.41) is 4.44. The van der Waals surface area contributed by atoms with Crippen molar-refractivity contribution < 1.29 is 0 Å². The van der Waals surface area contributed by atoms with Gasteiger partial charge in [0.2, 0.25) is 0 Å². The summed E-state index contributed by atoms with van der Waals surface area (Å²) in [7, 11) is 0. The molecule has 1 heterocycles. The predicted molar refractivity (Wildman–Crippen MR) is 69.8 cm³/mol. The van der Waals surface area contributed by atoms with Crippen molar-refractivity contribution in [1.29, 1.82) is 0 Å². The van der Waals surface area contributed by atoms with E-state index >= 15 is 0 Å². The Morgan fingerprint density at radius 3 is 2.75 bits per heavy atom. The van der Waals surface area contributed by atoms with Crippen LogP contribution in [0, 0.1) is 13.8 Å². The molecule has 4 heteroatoms. The van der Waals surface area contributed by atoms with Gasteiger partial charge < -0.3 is 11.1 Å². The normalized spacial score (nSPS) is 10.4. The van der Waals surface area contributed by atoms with Crippen LogP contribution in [0.4, 0.5) is 11.4 Å². The van der Waals surface area contributed by atoms with Crippen LogP contribution in [0.3, 0.4) is 0 Å². The Balaban J connectivity index is 2.04. The van der Waals surface area contributed by atoms with Crippen molar-refractivity contribution in [3.63, 3.8) is 0 Å². The maximum atomic E-state index is 5.78. The standard InChI is InChI=1S/C12H15N3S/c1-8-3-10(13)5-11(4-8)15-7-12-6-14-9(2)16-12/h3-6,15H,7,13H2,1-2H3. The maximum Gasteiger partial charge on any atom is 0.0897 e. The van der Waals surface area contributed by atoms with E-state index in [0.717, 1.165) is 22.9 Å². The number of anilines is 2. The first-order valence-electron chi connectivity index (χ1n) is 5.16. The highest BCUT2D eigenvalue weighted by atomic mass is 32.1. The molecule has 0 atom stereocenters. The van der Waals surface area contributed by atoms with Crippen molar-refractivity contribution >= 4 is 22.7 Å². The SMILES string of the molecule is Cc1cc(N)cc(NCc2cnc(C)s2)c1. The summed E-state index contributed by atoms with van der Waals surface area (Å²) in [4.78, 5) is 5.45. The number of nitrogens with one attached hydrogen (secondary N) is 1. The second-order valence-corrected chi connectivity index (χ2v) is 5.15. The number of aryl methyl sites for hydroxylation is 2. The molecule has 0 aliphatic rings. The lowest BCUT2D eigenvalue weighted by atomic mass is 10.2. The highest BCUT2D eigenvalue weighted by Gasteiger charge is 1.99. The van der Waals surface area contributed by atoms with Crippen LogP contribution in [0.25, 0.3) is 0 Å². The Bertz CT molecular complexity index is 471. The molecule has 16 heavy (non-hydrogen) atoms. The number of hydrogen-bond donors (Lipinski definition) is 2. The molecular weight excluding hydrogens is 218 g/mol. The van der Waals surface area contributed by atoms with E-state index in [1.54, 1.807) is 11.3 Å². The van der Waals surface area contributed by atoms with Crippen molar-refractivity contribution in [1.82, 2.24) is 4.98 Å². The number of benzene rings is 1. The van der Waals surface area contributed by atoms with Gasteiger partial charge in [-0.3, -0.25) is 0 Å². The first kappa shape index (κ1) is 11.0. The molecule has 1 aromatic carbocycles. The predicted octanol–water partition coefficient (Wildman–Crippen LogP) is 2.95. The van der Waals surface area contributed by atoms with Gasteiger partial charge in [-0.1, -0.05) is 0 Å². The lowest BCUT2D eigenvalue weighted by Crippen LogP contribution is -1.98. The Labute approximate surface area is 99.3 Å². The molecule has 0 saturated carbocycles. The first-order valence-corrected chi connectivity index (χ1v) is 5.97. The number of nitrogen functional groups attached to an aromatic ring is 1. The third kappa shape index (κ3) is 2.73. The van der Waals surface area contributed by atoms with Gasteiger partial charge in [-0.05, 0) is 37.6 Å². The van der Waals surface area contributed by atoms with Crippen LogP contribution < -0.4 is 11.1 Å². The van der Waals surface area contributed by atoms with E-state index in [1.165, 1.54) is 10.4 Å². The molecule has 0 spiro atoms. The molecule has 0 fully saturated rings. The van der Waals surface area contributed by atoms with E-state index in [2.05, 4.69) is 16.4 Å². The smallest absolute Gasteiger partial charge is 0.0897 e. The van der Waals surface area contributed by atoms with E-state index in [-0.39, 0.29) is 0 Å². The van der Waals surface area contributed by atoms with Gasteiger partial charge in [0, 0.05) is 22.4 Å². The van der Waals surface area contributed by atoms with E-state index in [9.17, 15) is 0 Å². The third-order valence-corrected chi connectivity index (χ3v) is 3.15. The van der Waals surface area contributed by atoms with Gasteiger partial charge in [0.05, 0.1) is 11.6 Å². The molecule has 0 amide bonds. The van der Waals surface area contributed by atoms with Gasteiger partial charge in [-0.2, -0.15) is 0 Å². The highest BCUT2D eigenvalue weighted by Crippen LogP contribution is 2.18. The fraction of sp³-hybridized carbons (Fsp3) is 0.250. The van der Waals surface area contributed by atoms with Gasteiger partial charge in [0.15, 0.2) is 0 Å². The lowest BCUT2D eigenvalue weighted by molar-refractivity contribution is 1.17. The summed E-state index contributed by atoms with van der Waals surface area (Å²) >= 11 is 1.71. The summed E-state index contributed by atoms with van der Waals surface area (Å²) < 4.78 is 0.